The first-order chi connectivity index (χ1) is 11.4. The number of carbonyl (C=O) groups is 1. The summed E-state index contributed by atoms with van der Waals surface area (Å²) in [6, 6.07) is 10.8. The molecule has 1 amide bonds. The third-order valence-electron chi connectivity index (χ3n) is 3.85. The van der Waals surface area contributed by atoms with Crippen LogP contribution in [0.4, 0.5) is 5.69 Å². The Hall–Kier alpha value is -2.53. The number of nitrogens with one attached hydrogen (secondary N) is 1. The van der Waals surface area contributed by atoms with Gasteiger partial charge in [0.05, 0.1) is 5.52 Å². The Morgan fingerprint density at radius 3 is 2.75 bits per heavy atom. The first-order valence-electron chi connectivity index (χ1n) is 7.60. The summed E-state index contributed by atoms with van der Waals surface area (Å²) in [5.41, 5.74) is 3.97. The van der Waals surface area contributed by atoms with Crippen molar-refractivity contribution in [2.75, 3.05) is 5.32 Å². The molecular formula is C18H17ClN2O3. The number of oxazole rings is 1. The van der Waals surface area contributed by atoms with Crippen molar-refractivity contribution in [1.82, 2.24) is 4.57 Å². The number of fused-ring (bicyclic) bond motifs is 1. The number of aryl methyl sites for hydroxylation is 3. The van der Waals surface area contributed by atoms with Gasteiger partial charge in [0.25, 0.3) is 0 Å². The maximum absolute atomic E-state index is 12.2. The van der Waals surface area contributed by atoms with E-state index in [1.54, 1.807) is 18.2 Å². The van der Waals surface area contributed by atoms with Gasteiger partial charge in [-0.25, -0.2) is 4.79 Å². The van der Waals surface area contributed by atoms with E-state index in [-0.39, 0.29) is 18.9 Å². The van der Waals surface area contributed by atoms with Crippen molar-refractivity contribution in [2.45, 2.75) is 26.8 Å². The average Bonchev–Trinajstić information content (AvgIpc) is 2.82. The van der Waals surface area contributed by atoms with E-state index in [1.165, 1.54) is 4.57 Å². The number of anilines is 1. The highest BCUT2D eigenvalue weighted by Gasteiger charge is 2.12. The second kappa shape index (κ2) is 6.53. The topological polar surface area (TPSA) is 64.2 Å². The molecule has 6 heteroatoms. The van der Waals surface area contributed by atoms with Gasteiger partial charge in [-0.05, 0) is 37.6 Å². The maximum Gasteiger partial charge on any atom is 0.419 e. The quantitative estimate of drug-likeness (QED) is 0.780. The lowest BCUT2D eigenvalue weighted by Gasteiger charge is -2.09. The number of hydrogen-bond donors (Lipinski definition) is 1. The Labute approximate surface area is 143 Å². The van der Waals surface area contributed by atoms with E-state index in [1.807, 2.05) is 32.0 Å². The number of rotatable bonds is 4. The van der Waals surface area contributed by atoms with Crippen LogP contribution in [0.15, 0.2) is 45.6 Å². The minimum absolute atomic E-state index is 0.155. The summed E-state index contributed by atoms with van der Waals surface area (Å²) in [5, 5.41) is 3.37. The standard InChI is InChI=1S/C18H17ClN2O3/c1-11-3-5-14(12(2)9-11)20-17(22)7-8-21-15-6-4-13(19)10-16(15)24-18(21)23/h3-6,9-10H,7-8H2,1-2H3,(H,20,22). The van der Waals surface area contributed by atoms with Crippen molar-refractivity contribution < 1.29 is 9.21 Å². The molecule has 0 saturated carbocycles. The lowest BCUT2D eigenvalue weighted by atomic mass is 10.1. The summed E-state index contributed by atoms with van der Waals surface area (Å²) >= 11 is 5.89. The fraction of sp³-hybridized carbons (Fsp3) is 0.222. The predicted molar refractivity (Wildman–Crippen MR) is 94.6 cm³/mol. The maximum atomic E-state index is 12.2. The third kappa shape index (κ3) is 3.36. The zero-order valence-electron chi connectivity index (χ0n) is 13.4. The SMILES string of the molecule is Cc1ccc(NC(=O)CCn2c(=O)oc3cc(Cl)ccc32)c(C)c1. The van der Waals surface area contributed by atoms with Gasteiger partial charge in [-0.3, -0.25) is 9.36 Å². The van der Waals surface area contributed by atoms with Crippen LogP contribution in [-0.4, -0.2) is 10.5 Å². The zero-order chi connectivity index (χ0) is 17.3. The number of carbonyl (C=O) groups excluding carboxylic acids is 1. The number of halogens is 1. The fourth-order valence-electron chi connectivity index (χ4n) is 2.63. The summed E-state index contributed by atoms with van der Waals surface area (Å²) in [6.45, 7) is 4.19. The summed E-state index contributed by atoms with van der Waals surface area (Å²) in [7, 11) is 0. The highest BCUT2D eigenvalue weighted by molar-refractivity contribution is 6.31. The van der Waals surface area contributed by atoms with Gasteiger partial charge in [0, 0.05) is 29.7 Å². The summed E-state index contributed by atoms with van der Waals surface area (Å²) in [6.07, 6.45) is 0.171. The molecule has 0 bridgehead atoms. The molecule has 0 aliphatic carbocycles. The van der Waals surface area contributed by atoms with E-state index in [0.29, 0.717) is 16.1 Å². The molecule has 5 nitrogen and oxygen atoms in total. The van der Waals surface area contributed by atoms with E-state index >= 15 is 0 Å². The van der Waals surface area contributed by atoms with E-state index in [2.05, 4.69) is 5.32 Å². The molecule has 3 aromatic rings. The van der Waals surface area contributed by atoms with Crippen LogP contribution in [0, 0.1) is 13.8 Å². The van der Waals surface area contributed by atoms with Gasteiger partial charge in [-0.15, -0.1) is 0 Å². The van der Waals surface area contributed by atoms with Crippen LogP contribution in [0.3, 0.4) is 0 Å². The van der Waals surface area contributed by atoms with Crippen LogP contribution < -0.4 is 11.1 Å². The Morgan fingerprint density at radius 2 is 2.00 bits per heavy atom. The van der Waals surface area contributed by atoms with Crippen LogP contribution in [0.25, 0.3) is 11.1 Å². The normalized spacial score (nSPS) is 11.0. The largest absolute Gasteiger partial charge is 0.419 e. The molecular weight excluding hydrogens is 328 g/mol. The first kappa shape index (κ1) is 16.3. The summed E-state index contributed by atoms with van der Waals surface area (Å²) in [4.78, 5) is 24.1. The molecule has 24 heavy (non-hydrogen) atoms. The minimum atomic E-state index is -0.494. The molecule has 0 radical (unpaired) electrons. The van der Waals surface area contributed by atoms with Gasteiger partial charge in [0.2, 0.25) is 5.91 Å². The van der Waals surface area contributed by atoms with Gasteiger partial charge in [-0.2, -0.15) is 0 Å². The second-order valence-corrected chi connectivity index (χ2v) is 6.18. The van der Waals surface area contributed by atoms with Crippen molar-refractivity contribution in [1.29, 1.82) is 0 Å². The van der Waals surface area contributed by atoms with Crippen LogP contribution in [0.5, 0.6) is 0 Å². The molecule has 1 aromatic heterocycles. The fourth-order valence-corrected chi connectivity index (χ4v) is 2.79. The predicted octanol–water partition coefficient (Wildman–Crippen LogP) is 3.89. The molecule has 0 aliphatic heterocycles. The summed E-state index contributed by atoms with van der Waals surface area (Å²) in [5.74, 6) is -0.649. The Morgan fingerprint density at radius 1 is 1.21 bits per heavy atom. The molecule has 1 heterocycles. The van der Waals surface area contributed by atoms with E-state index in [0.717, 1.165) is 16.8 Å². The molecule has 3 rings (SSSR count). The highest BCUT2D eigenvalue weighted by atomic mass is 35.5. The molecule has 1 N–H and O–H groups in total. The highest BCUT2D eigenvalue weighted by Crippen LogP contribution is 2.19. The van der Waals surface area contributed by atoms with Gasteiger partial charge >= 0.3 is 5.76 Å². The van der Waals surface area contributed by atoms with Crippen LogP contribution in [-0.2, 0) is 11.3 Å². The number of hydrogen-bond acceptors (Lipinski definition) is 3. The molecule has 0 spiro atoms. The number of benzene rings is 2. The van der Waals surface area contributed by atoms with Crippen LogP contribution >= 0.6 is 11.6 Å². The summed E-state index contributed by atoms with van der Waals surface area (Å²) < 4.78 is 6.59. The smallest absolute Gasteiger partial charge is 0.408 e. The van der Waals surface area contributed by atoms with Gasteiger partial charge < -0.3 is 9.73 Å². The van der Waals surface area contributed by atoms with Crippen LogP contribution in [0.2, 0.25) is 5.02 Å². The zero-order valence-corrected chi connectivity index (χ0v) is 14.2. The van der Waals surface area contributed by atoms with Gasteiger partial charge in [0.15, 0.2) is 5.58 Å². The minimum Gasteiger partial charge on any atom is -0.408 e. The molecule has 0 fully saturated rings. The number of aromatic nitrogens is 1. The van der Waals surface area contributed by atoms with Crippen molar-refractivity contribution in [3.63, 3.8) is 0 Å². The molecule has 0 unspecified atom stereocenters. The molecule has 0 aliphatic rings. The molecule has 124 valence electrons. The van der Waals surface area contributed by atoms with E-state index in [4.69, 9.17) is 16.0 Å². The van der Waals surface area contributed by atoms with Crippen molar-refractivity contribution >= 4 is 34.3 Å². The van der Waals surface area contributed by atoms with E-state index < -0.39 is 5.76 Å². The molecule has 2 aromatic carbocycles. The second-order valence-electron chi connectivity index (χ2n) is 5.75. The Kier molecular flexibility index (Phi) is 4.44. The lowest BCUT2D eigenvalue weighted by Crippen LogP contribution is -2.20. The van der Waals surface area contributed by atoms with E-state index in [9.17, 15) is 9.59 Å². The van der Waals surface area contributed by atoms with Crippen molar-refractivity contribution in [3.8, 4) is 0 Å². The molecule has 0 atom stereocenters. The van der Waals surface area contributed by atoms with Gasteiger partial charge in [0.1, 0.15) is 0 Å². The number of nitrogens with zero attached hydrogens (tertiary/aromatic N) is 1. The Balaban J connectivity index is 1.73. The lowest BCUT2D eigenvalue weighted by molar-refractivity contribution is -0.116. The van der Waals surface area contributed by atoms with Crippen LogP contribution in [0.1, 0.15) is 17.5 Å². The van der Waals surface area contributed by atoms with Crippen molar-refractivity contribution in [2.24, 2.45) is 0 Å². The Bertz CT molecular complexity index is 972. The third-order valence-corrected chi connectivity index (χ3v) is 4.08. The monoisotopic (exact) mass is 344 g/mol. The number of amides is 1. The van der Waals surface area contributed by atoms with Crippen molar-refractivity contribution in [3.05, 3.63) is 63.1 Å². The van der Waals surface area contributed by atoms with Gasteiger partial charge in [-0.1, -0.05) is 29.3 Å². The average molecular weight is 345 g/mol. The first-order valence-corrected chi connectivity index (χ1v) is 7.98. The molecule has 0 saturated heterocycles.